The molecule has 11 heteroatoms. The normalized spacial score (nSPS) is 11.7. The average molecular weight is 382 g/mol. The molecule has 25 heavy (non-hydrogen) atoms. The molecule has 3 N–H and O–H groups in total. The summed E-state index contributed by atoms with van der Waals surface area (Å²) in [5.41, 5.74) is 5.45. The molecule has 140 valence electrons. The molecule has 8 nitrogen and oxygen atoms in total. The second-order valence-corrected chi connectivity index (χ2v) is 4.92. The van der Waals surface area contributed by atoms with Crippen molar-refractivity contribution in [3.63, 3.8) is 0 Å². The quantitative estimate of drug-likeness (QED) is 0.711. The third-order valence-electron chi connectivity index (χ3n) is 3.23. The zero-order valence-corrected chi connectivity index (χ0v) is 14.1. The van der Waals surface area contributed by atoms with E-state index in [2.05, 4.69) is 10.1 Å². The molecule has 0 aliphatic carbocycles. The summed E-state index contributed by atoms with van der Waals surface area (Å²) in [6.45, 7) is -3.54. The van der Waals surface area contributed by atoms with Crippen LogP contribution >= 0.6 is 12.4 Å². The van der Waals surface area contributed by atoms with Gasteiger partial charge in [0, 0.05) is 25.2 Å². The van der Waals surface area contributed by atoms with E-state index in [0.717, 1.165) is 0 Å². The number of rotatable bonds is 7. The van der Waals surface area contributed by atoms with Gasteiger partial charge in [0.1, 0.15) is 5.75 Å². The van der Waals surface area contributed by atoms with Gasteiger partial charge in [-0.25, -0.2) is 0 Å². The molecule has 0 saturated carbocycles. The van der Waals surface area contributed by atoms with E-state index in [1.165, 1.54) is 24.1 Å². The minimum absolute atomic E-state index is 0. The number of nitrogens with zero attached hydrogens (tertiary/aromatic N) is 1. The molecule has 1 aliphatic rings. The summed E-state index contributed by atoms with van der Waals surface area (Å²) in [5.74, 6) is -0.332. The van der Waals surface area contributed by atoms with Crippen molar-refractivity contribution in [1.82, 2.24) is 10.2 Å². The van der Waals surface area contributed by atoms with Gasteiger partial charge in [0.2, 0.25) is 18.6 Å². The second kappa shape index (κ2) is 9.23. The van der Waals surface area contributed by atoms with E-state index in [4.69, 9.17) is 15.2 Å². The molecule has 2 amide bonds. The van der Waals surface area contributed by atoms with Crippen molar-refractivity contribution in [2.45, 2.75) is 13.2 Å². The molecule has 0 radical (unpaired) electrons. The molecule has 0 spiro atoms. The van der Waals surface area contributed by atoms with Gasteiger partial charge in [-0.1, -0.05) is 0 Å². The van der Waals surface area contributed by atoms with Gasteiger partial charge in [0.15, 0.2) is 11.5 Å². The number of hydrogen-bond donors (Lipinski definition) is 2. The lowest BCUT2D eigenvalue weighted by Crippen LogP contribution is -2.40. The van der Waals surface area contributed by atoms with E-state index in [9.17, 15) is 18.4 Å². The van der Waals surface area contributed by atoms with Crippen molar-refractivity contribution >= 4 is 24.2 Å². The summed E-state index contributed by atoms with van der Waals surface area (Å²) in [4.78, 5) is 24.3. The number of ether oxygens (including phenoxy) is 3. The van der Waals surface area contributed by atoms with Gasteiger partial charge < -0.3 is 30.2 Å². The van der Waals surface area contributed by atoms with Crippen LogP contribution < -0.4 is 25.3 Å². The molecule has 0 saturated heterocycles. The Labute approximate surface area is 148 Å². The number of alkyl halides is 2. The van der Waals surface area contributed by atoms with Gasteiger partial charge in [0.05, 0.1) is 13.1 Å². The lowest BCUT2D eigenvalue weighted by molar-refractivity contribution is -0.132. The van der Waals surface area contributed by atoms with Crippen LogP contribution in [-0.2, 0) is 16.1 Å². The molecule has 0 aromatic heterocycles. The maximum absolute atomic E-state index is 12.6. The monoisotopic (exact) mass is 381 g/mol. The fourth-order valence-corrected chi connectivity index (χ4v) is 2.02. The first-order valence-corrected chi connectivity index (χ1v) is 6.98. The Hall–Kier alpha value is -2.33. The minimum atomic E-state index is -3.02. The van der Waals surface area contributed by atoms with Crippen LogP contribution in [0.3, 0.4) is 0 Å². The number of fused-ring (bicyclic) bond motifs is 1. The van der Waals surface area contributed by atoms with E-state index in [1.54, 1.807) is 0 Å². The van der Waals surface area contributed by atoms with Gasteiger partial charge in [-0.3, -0.25) is 9.59 Å². The molecular formula is C14H18ClF2N3O5. The summed E-state index contributed by atoms with van der Waals surface area (Å²) in [7, 11) is 1.47. The molecule has 2 rings (SSSR count). The zero-order chi connectivity index (χ0) is 17.7. The second-order valence-electron chi connectivity index (χ2n) is 4.92. The van der Waals surface area contributed by atoms with E-state index < -0.39 is 18.4 Å². The summed E-state index contributed by atoms with van der Waals surface area (Å²) >= 11 is 0. The first-order valence-electron chi connectivity index (χ1n) is 6.98. The lowest BCUT2D eigenvalue weighted by Gasteiger charge is -2.20. The standard InChI is InChI=1S/C14H17F2N3O5.ClH/c1-19(13(21)5-18-12(20)4-17)6-8-2-10-11(23-7-22-10)3-9(8)24-14(15)16;/h2-3,14H,4-7,17H2,1H3,(H,18,20);1H. The van der Waals surface area contributed by atoms with Crippen molar-refractivity contribution in [2.24, 2.45) is 5.73 Å². The molecule has 1 aromatic carbocycles. The molecule has 0 bridgehead atoms. The SMILES string of the molecule is CN(Cc1cc2c(cc1OC(F)F)OCO2)C(=O)CNC(=O)CN.Cl. The van der Waals surface area contributed by atoms with E-state index in [-0.39, 0.29) is 44.6 Å². The Morgan fingerprint density at radius 1 is 1.36 bits per heavy atom. The predicted molar refractivity (Wildman–Crippen MR) is 85.0 cm³/mol. The van der Waals surface area contributed by atoms with Gasteiger partial charge in [-0.2, -0.15) is 8.78 Å². The molecule has 0 unspecified atom stereocenters. The van der Waals surface area contributed by atoms with E-state index in [0.29, 0.717) is 17.1 Å². The van der Waals surface area contributed by atoms with Crippen molar-refractivity contribution in [3.05, 3.63) is 17.7 Å². The third-order valence-corrected chi connectivity index (χ3v) is 3.23. The summed E-state index contributed by atoms with van der Waals surface area (Å²) in [5, 5.41) is 2.34. The number of likely N-dealkylation sites (N-methyl/N-ethyl adjacent to an activating group) is 1. The van der Waals surface area contributed by atoms with Crippen LogP contribution in [0, 0.1) is 0 Å². The highest BCUT2D eigenvalue weighted by molar-refractivity contribution is 5.85. The average Bonchev–Trinajstić information content (AvgIpc) is 2.98. The van der Waals surface area contributed by atoms with Crippen molar-refractivity contribution in [1.29, 1.82) is 0 Å². The maximum Gasteiger partial charge on any atom is 0.387 e. The highest BCUT2D eigenvalue weighted by Gasteiger charge is 2.22. The molecule has 1 heterocycles. The Balaban J connectivity index is 0.00000312. The van der Waals surface area contributed by atoms with E-state index >= 15 is 0 Å². The minimum Gasteiger partial charge on any atom is -0.454 e. The molecule has 1 aromatic rings. The Morgan fingerprint density at radius 2 is 2.00 bits per heavy atom. The Bertz CT molecular complexity index is 633. The number of nitrogens with one attached hydrogen (secondary N) is 1. The highest BCUT2D eigenvalue weighted by Crippen LogP contribution is 2.39. The smallest absolute Gasteiger partial charge is 0.387 e. The fraction of sp³-hybridized carbons (Fsp3) is 0.429. The lowest BCUT2D eigenvalue weighted by atomic mass is 10.1. The Kier molecular flexibility index (Phi) is 7.65. The van der Waals surface area contributed by atoms with Crippen molar-refractivity contribution in [2.75, 3.05) is 26.9 Å². The summed E-state index contributed by atoms with van der Waals surface area (Å²) in [6.07, 6.45) is 0. The Morgan fingerprint density at radius 3 is 2.60 bits per heavy atom. The summed E-state index contributed by atoms with van der Waals surface area (Å²) < 4.78 is 39.9. The first kappa shape index (κ1) is 20.7. The number of carbonyl (C=O) groups is 2. The number of hydrogen-bond acceptors (Lipinski definition) is 6. The fourth-order valence-electron chi connectivity index (χ4n) is 2.02. The molecule has 1 aliphatic heterocycles. The largest absolute Gasteiger partial charge is 0.454 e. The highest BCUT2D eigenvalue weighted by atomic mass is 35.5. The molecular weight excluding hydrogens is 364 g/mol. The predicted octanol–water partition coefficient (Wildman–Crippen LogP) is 0.472. The number of carbonyl (C=O) groups excluding carboxylic acids is 2. The van der Waals surface area contributed by atoms with Crippen molar-refractivity contribution in [3.8, 4) is 17.2 Å². The van der Waals surface area contributed by atoms with Crippen molar-refractivity contribution < 1.29 is 32.6 Å². The number of amides is 2. The molecule has 0 atom stereocenters. The van der Waals surface area contributed by atoms with Gasteiger partial charge in [0.25, 0.3) is 0 Å². The van der Waals surface area contributed by atoms with Crippen LogP contribution in [0.25, 0.3) is 0 Å². The third kappa shape index (κ3) is 5.61. The van der Waals surface area contributed by atoms with Crippen LogP contribution in [-0.4, -0.2) is 50.3 Å². The van der Waals surface area contributed by atoms with E-state index in [1.807, 2.05) is 0 Å². The van der Waals surface area contributed by atoms with Gasteiger partial charge in [-0.05, 0) is 6.07 Å². The van der Waals surface area contributed by atoms with Crippen LogP contribution in [0.1, 0.15) is 5.56 Å². The van der Waals surface area contributed by atoms with Crippen LogP contribution in [0.5, 0.6) is 17.2 Å². The zero-order valence-electron chi connectivity index (χ0n) is 13.3. The van der Waals surface area contributed by atoms with Crippen LogP contribution in [0.4, 0.5) is 8.78 Å². The maximum atomic E-state index is 12.6. The number of benzene rings is 1. The summed E-state index contributed by atoms with van der Waals surface area (Å²) in [6, 6.07) is 2.76. The number of nitrogens with two attached hydrogens (primary N) is 1. The van der Waals surface area contributed by atoms with Gasteiger partial charge in [-0.15, -0.1) is 12.4 Å². The van der Waals surface area contributed by atoms with Gasteiger partial charge >= 0.3 is 6.61 Å². The van der Waals surface area contributed by atoms with Crippen LogP contribution in [0.2, 0.25) is 0 Å². The molecule has 0 fully saturated rings. The van der Waals surface area contributed by atoms with Crippen LogP contribution in [0.15, 0.2) is 12.1 Å². The first-order chi connectivity index (χ1) is 11.4. The topological polar surface area (TPSA) is 103 Å². The number of halogens is 3.